The Labute approximate surface area is 467 Å². The summed E-state index contributed by atoms with van der Waals surface area (Å²) < 4.78 is 11.5. The zero-order chi connectivity index (χ0) is 53.4. The van der Waals surface area contributed by atoms with Crippen molar-refractivity contribution in [3.05, 3.63) is 266 Å². The van der Waals surface area contributed by atoms with Crippen LogP contribution in [0.4, 0.5) is 0 Å². The molecule has 0 unspecified atom stereocenters. The number of hydrogen-bond acceptors (Lipinski definition) is 3. The topological polar surface area (TPSA) is 67.3 Å². The molecule has 0 N–H and O–H groups in total. The van der Waals surface area contributed by atoms with E-state index in [1.165, 1.54) is 15.5 Å². The Bertz CT molecular complexity index is 5470. The van der Waals surface area contributed by atoms with E-state index in [2.05, 4.69) is 285 Å². The summed E-state index contributed by atoms with van der Waals surface area (Å²) in [5.74, 6) is 0. The van der Waals surface area contributed by atoms with Crippen LogP contribution in [0.2, 0.25) is 0 Å². The molecule has 0 radical (unpaired) electrons. The second-order valence-electron chi connectivity index (χ2n) is 20.9. The van der Waals surface area contributed by atoms with Crippen LogP contribution in [-0.4, -0.2) is 18.3 Å². The summed E-state index contributed by atoms with van der Waals surface area (Å²) in [7, 11) is 0. The minimum atomic E-state index is 0.416. The molecule has 0 amide bonds. The number of thiophene rings is 1. The monoisotopic (exact) mass is 1050 g/mol. The SMILES string of the molecule is N#Cc1c(-n2c3ccccc3c3ccccc32)c(-n2c3ccccc3c3ccccc32)c(C#N)c(-n2c3cc(-c4ccccc4-c4ccccc4)ccc3c3c4sc5ccccc5c4ccc32)c1-n1c2ccccc2c2ccccc21. The van der Waals surface area contributed by atoms with Crippen LogP contribution in [0.5, 0.6) is 0 Å². The fourth-order valence-electron chi connectivity index (χ4n) is 13.6. The summed E-state index contributed by atoms with van der Waals surface area (Å²) in [5, 5.41) is 36.5. The molecule has 5 heterocycles. The third-order valence-electron chi connectivity index (χ3n) is 16.9. The fraction of sp³-hybridized carbons (Fsp3) is 0. The van der Waals surface area contributed by atoms with Crippen molar-refractivity contribution in [1.82, 2.24) is 18.3 Å². The van der Waals surface area contributed by atoms with Crippen molar-refractivity contribution >= 4 is 119 Å². The van der Waals surface area contributed by atoms with Gasteiger partial charge in [-0.2, -0.15) is 10.5 Å². The van der Waals surface area contributed by atoms with Crippen molar-refractivity contribution in [2.45, 2.75) is 0 Å². The number of hydrogen-bond donors (Lipinski definition) is 0. The van der Waals surface area contributed by atoms with E-state index in [1.54, 1.807) is 11.3 Å². The first-order chi connectivity index (χ1) is 40.2. The molecule has 374 valence electrons. The lowest BCUT2D eigenvalue weighted by Crippen LogP contribution is -2.16. The molecule has 0 spiro atoms. The van der Waals surface area contributed by atoms with Gasteiger partial charge in [0.1, 0.15) is 23.3 Å². The first kappa shape index (κ1) is 45.1. The van der Waals surface area contributed by atoms with Gasteiger partial charge in [0.2, 0.25) is 0 Å². The van der Waals surface area contributed by atoms with Crippen molar-refractivity contribution in [2.24, 2.45) is 0 Å². The van der Waals surface area contributed by atoms with Gasteiger partial charge in [-0.3, -0.25) is 0 Å². The van der Waals surface area contributed by atoms with Crippen LogP contribution in [0, 0.1) is 22.7 Å². The highest BCUT2D eigenvalue weighted by molar-refractivity contribution is 7.26. The Kier molecular flexibility index (Phi) is 9.62. The second kappa shape index (κ2) is 17.3. The maximum Gasteiger partial charge on any atom is 0.104 e. The smallest absolute Gasteiger partial charge is 0.104 e. The van der Waals surface area contributed by atoms with Crippen LogP contribution < -0.4 is 0 Å². The van der Waals surface area contributed by atoms with Crippen molar-refractivity contribution in [3.8, 4) is 57.1 Å². The molecule has 0 bridgehead atoms. The molecule has 17 rings (SSSR count). The van der Waals surface area contributed by atoms with E-state index >= 15 is 0 Å². The largest absolute Gasteiger partial charge is 0.306 e. The summed E-state index contributed by atoms with van der Waals surface area (Å²) in [6.07, 6.45) is 0. The average molecular weight is 1050 g/mol. The predicted octanol–water partition coefficient (Wildman–Crippen LogP) is 19.5. The van der Waals surface area contributed by atoms with Crippen molar-refractivity contribution < 1.29 is 0 Å². The van der Waals surface area contributed by atoms with Crippen molar-refractivity contribution in [3.63, 3.8) is 0 Å². The molecule has 0 aliphatic carbocycles. The lowest BCUT2D eigenvalue weighted by Gasteiger charge is -2.27. The van der Waals surface area contributed by atoms with Gasteiger partial charge in [-0.15, -0.1) is 11.3 Å². The molecular weight excluding hydrogens is 1000 g/mol. The lowest BCUT2D eigenvalue weighted by molar-refractivity contribution is 1.02. The Morgan fingerprint density at radius 1 is 0.272 bits per heavy atom. The number of rotatable bonds is 6. The van der Waals surface area contributed by atoms with E-state index < -0.39 is 0 Å². The van der Waals surface area contributed by atoms with E-state index in [0.29, 0.717) is 33.9 Å². The highest BCUT2D eigenvalue weighted by Gasteiger charge is 2.35. The molecule has 17 aromatic rings. The molecule has 0 saturated heterocycles. The van der Waals surface area contributed by atoms with Crippen LogP contribution >= 0.6 is 11.3 Å². The van der Waals surface area contributed by atoms with Crippen LogP contribution in [0.25, 0.3) is 152 Å². The first-order valence-electron chi connectivity index (χ1n) is 27.2. The van der Waals surface area contributed by atoms with Crippen molar-refractivity contribution in [2.75, 3.05) is 0 Å². The van der Waals surface area contributed by atoms with Gasteiger partial charge in [-0.1, -0.05) is 200 Å². The highest BCUT2D eigenvalue weighted by Crippen LogP contribution is 2.51. The number of aromatic nitrogens is 4. The summed E-state index contributed by atoms with van der Waals surface area (Å²) in [5.41, 5.74) is 15.0. The number of para-hydroxylation sites is 6. The lowest BCUT2D eigenvalue weighted by atomic mass is 9.94. The molecular formula is C74H42N6S. The molecule has 81 heavy (non-hydrogen) atoms. The zero-order valence-corrected chi connectivity index (χ0v) is 44.2. The van der Waals surface area contributed by atoms with E-state index in [1.807, 2.05) is 0 Å². The van der Waals surface area contributed by atoms with E-state index in [4.69, 9.17) is 0 Å². The van der Waals surface area contributed by atoms with Crippen LogP contribution in [0.1, 0.15) is 11.1 Å². The van der Waals surface area contributed by atoms with Crippen LogP contribution in [-0.2, 0) is 0 Å². The highest BCUT2D eigenvalue weighted by atomic mass is 32.1. The maximum atomic E-state index is 12.9. The third kappa shape index (κ3) is 6.24. The van der Waals surface area contributed by atoms with E-state index in [-0.39, 0.29) is 0 Å². The zero-order valence-electron chi connectivity index (χ0n) is 43.3. The van der Waals surface area contributed by atoms with Crippen molar-refractivity contribution in [1.29, 1.82) is 10.5 Å². The second-order valence-corrected chi connectivity index (χ2v) is 21.9. The summed E-state index contributed by atoms with van der Waals surface area (Å²) in [4.78, 5) is 0. The Morgan fingerprint density at radius 2 is 0.630 bits per heavy atom. The van der Waals surface area contributed by atoms with E-state index in [0.717, 1.165) is 114 Å². The van der Waals surface area contributed by atoms with Gasteiger partial charge in [0, 0.05) is 63.3 Å². The molecule has 0 aliphatic heterocycles. The number of nitriles is 2. The molecule has 12 aromatic carbocycles. The Hall–Kier alpha value is -11.0. The summed E-state index contributed by atoms with van der Waals surface area (Å²) >= 11 is 1.80. The van der Waals surface area contributed by atoms with Gasteiger partial charge >= 0.3 is 0 Å². The van der Waals surface area contributed by atoms with Gasteiger partial charge < -0.3 is 18.3 Å². The van der Waals surface area contributed by atoms with Crippen LogP contribution in [0.15, 0.2) is 255 Å². The Morgan fingerprint density at radius 3 is 1.07 bits per heavy atom. The summed E-state index contributed by atoms with van der Waals surface area (Å²) in [6.45, 7) is 0. The van der Waals surface area contributed by atoms with Gasteiger partial charge in [0.05, 0.1) is 66.9 Å². The minimum Gasteiger partial charge on any atom is -0.306 e. The fourth-order valence-corrected chi connectivity index (χ4v) is 14.8. The van der Waals surface area contributed by atoms with Gasteiger partial charge in [-0.05, 0) is 76.9 Å². The van der Waals surface area contributed by atoms with Gasteiger partial charge in [-0.25, -0.2) is 0 Å². The maximum absolute atomic E-state index is 12.9. The quantitative estimate of drug-likeness (QED) is 0.167. The number of fused-ring (bicyclic) bond motifs is 16. The molecule has 6 nitrogen and oxygen atoms in total. The van der Waals surface area contributed by atoms with Crippen LogP contribution in [0.3, 0.4) is 0 Å². The molecule has 0 atom stereocenters. The number of benzene rings is 12. The molecule has 0 saturated carbocycles. The summed E-state index contributed by atoms with van der Waals surface area (Å²) in [6, 6.07) is 96.0. The van der Waals surface area contributed by atoms with Gasteiger partial charge in [0.15, 0.2) is 0 Å². The first-order valence-corrected chi connectivity index (χ1v) is 28.0. The molecule has 5 aromatic heterocycles. The molecule has 7 heteroatoms. The molecule has 0 fully saturated rings. The van der Waals surface area contributed by atoms with E-state index in [9.17, 15) is 10.5 Å². The standard InChI is InChI=1S/C74H42N6S/c75-43-58-70(77-60-31-13-6-24-49(60)50-25-7-14-32-61(50)77)71(78-62-33-15-8-26-51(62)52-27-9-16-34-63(52)78)59(44-76)73(72(58)79-64-35-17-10-28-53(64)54-29-11-18-36-65(54)79)80-66-41-40-56-55-30-12-19-37-68(55)81-74(56)69(66)57-39-38-46(42-67(57)80)48-23-5-4-22-47(48)45-20-2-1-3-21-45/h1-42H. The molecule has 0 aliphatic rings. The Balaban J connectivity index is 1.16. The third-order valence-corrected chi connectivity index (χ3v) is 18.1. The minimum absolute atomic E-state index is 0.416. The average Bonchev–Trinajstić information content (AvgIpc) is 4.54. The van der Waals surface area contributed by atoms with Gasteiger partial charge in [0.25, 0.3) is 0 Å². The predicted molar refractivity (Wildman–Crippen MR) is 337 cm³/mol. The number of nitrogens with zero attached hydrogens (tertiary/aromatic N) is 6. The normalized spacial score (nSPS) is 11.9.